The van der Waals surface area contributed by atoms with Gasteiger partial charge in [0.15, 0.2) is 0 Å². The van der Waals surface area contributed by atoms with Crippen molar-refractivity contribution in [2.75, 3.05) is 5.33 Å². The summed E-state index contributed by atoms with van der Waals surface area (Å²) in [5.41, 5.74) is 2.12. The highest BCUT2D eigenvalue weighted by Crippen LogP contribution is 1.98. The van der Waals surface area contributed by atoms with Gasteiger partial charge in [0, 0.05) is 18.0 Å². The third-order valence-corrected chi connectivity index (χ3v) is 1.45. The summed E-state index contributed by atoms with van der Waals surface area (Å²) in [6, 6.07) is 2.02. The van der Waals surface area contributed by atoms with Crippen molar-refractivity contribution in [3.63, 3.8) is 0 Å². The molecule has 1 nitrogen and oxygen atoms in total. The summed E-state index contributed by atoms with van der Waals surface area (Å²) in [5, 5.41) is 0.709. The first-order valence-corrected chi connectivity index (χ1v) is 4.41. The molecule has 2 heteroatoms. The lowest BCUT2D eigenvalue weighted by Gasteiger charge is -1.90. The van der Waals surface area contributed by atoms with Gasteiger partial charge in [-0.15, -0.1) is 0 Å². The normalized spacial score (nSPS) is 8.55. The van der Waals surface area contributed by atoms with Crippen molar-refractivity contribution in [3.8, 4) is 11.8 Å². The van der Waals surface area contributed by atoms with Gasteiger partial charge in [-0.2, -0.15) is 0 Å². The first-order chi connectivity index (χ1) is 5.33. The fourth-order valence-corrected chi connectivity index (χ4v) is 0.899. The molecule has 1 heterocycles. The second kappa shape index (κ2) is 4.15. The molecule has 0 radical (unpaired) electrons. The summed E-state index contributed by atoms with van der Waals surface area (Å²) in [5.74, 6) is 5.89. The van der Waals surface area contributed by atoms with Gasteiger partial charge >= 0.3 is 0 Å². The van der Waals surface area contributed by atoms with E-state index in [0.717, 1.165) is 11.1 Å². The minimum atomic E-state index is 0.709. The molecule has 0 aromatic carbocycles. The van der Waals surface area contributed by atoms with E-state index in [1.807, 2.05) is 19.2 Å². The molecule has 1 aromatic heterocycles. The molecule has 0 N–H and O–H groups in total. The van der Waals surface area contributed by atoms with Crippen LogP contribution in [-0.4, -0.2) is 10.3 Å². The Hall–Kier alpha value is -0.810. The van der Waals surface area contributed by atoms with Crippen LogP contribution in [0.25, 0.3) is 0 Å². The van der Waals surface area contributed by atoms with E-state index in [9.17, 15) is 0 Å². The number of aryl methyl sites for hydroxylation is 1. The number of pyridine rings is 1. The SMILES string of the molecule is Cc1cncc(C#CCBr)c1. The van der Waals surface area contributed by atoms with Gasteiger partial charge in [0.2, 0.25) is 0 Å². The fraction of sp³-hybridized carbons (Fsp3) is 0.222. The minimum Gasteiger partial charge on any atom is -0.263 e. The van der Waals surface area contributed by atoms with Crippen molar-refractivity contribution < 1.29 is 0 Å². The molecule has 0 fully saturated rings. The maximum Gasteiger partial charge on any atom is 0.0649 e. The number of rotatable bonds is 0. The first kappa shape index (κ1) is 8.29. The number of hydrogen-bond donors (Lipinski definition) is 0. The van der Waals surface area contributed by atoms with E-state index >= 15 is 0 Å². The molecule has 56 valence electrons. The Morgan fingerprint density at radius 2 is 2.36 bits per heavy atom. The van der Waals surface area contributed by atoms with Crippen molar-refractivity contribution >= 4 is 15.9 Å². The molecule has 0 aliphatic heterocycles. The molecule has 0 atom stereocenters. The van der Waals surface area contributed by atoms with Crippen LogP contribution in [0.4, 0.5) is 0 Å². The fourth-order valence-electron chi connectivity index (χ4n) is 0.759. The number of aromatic nitrogens is 1. The maximum absolute atomic E-state index is 4.02. The molecule has 11 heavy (non-hydrogen) atoms. The quantitative estimate of drug-likeness (QED) is 0.472. The zero-order valence-electron chi connectivity index (χ0n) is 6.26. The Bertz CT molecular complexity index is 296. The molecular formula is C9H8BrN. The second-order valence-electron chi connectivity index (χ2n) is 2.19. The van der Waals surface area contributed by atoms with E-state index < -0.39 is 0 Å². The number of hydrogen-bond acceptors (Lipinski definition) is 1. The molecule has 0 aliphatic rings. The average molecular weight is 210 g/mol. The summed E-state index contributed by atoms with van der Waals surface area (Å²) in [7, 11) is 0. The Labute approximate surface area is 75.0 Å². The van der Waals surface area contributed by atoms with E-state index in [0.29, 0.717) is 5.33 Å². The summed E-state index contributed by atoms with van der Waals surface area (Å²) in [4.78, 5) is 4.02. The average Bonchev–Trinajstić information content (AvgIpc) is 2.01. The summed E-state index contributed by atoms with van der Waals surface area (Å²) in [6.07, 6.45) is 3.59. The van der Waals surface area contributed by atoms with E-state index in [-0.39, 0.29) is 0 Å². The van der Waals surface area contributed by atoms with Crippen molar-refractivity contribution in [2.45, 2.75) is 6.92 Å². The second-order valence-corrected chi connectivity index (χ2v) is 2.75. The van der Waals surface area contributed by atoms with Gasteiger partial charge in [0.25, 0.3) is 0 Å². The van der Waals surface area contributed by atoms with Gasteiger partial charge in [-0.1, -0.05) is 27.8 Å². The zero-order valence-corrected chi connectivity index (χ0v) is 7.85. The van der Waals surface area contributed by atoms with Gasteiger partial charge in [-0.25, -0.2) is 0 Å². The third kappa shape index (κ3) is 2.73. The van der Waals surface area contributed by atoms with Crippen LogP contribution in [0, 0.1) is 18.8 Å². The first-order valence-electron chi connectivity index (χ1n) is 3.29. The molecule has 0 aliphatic carbocycles. The Kier molecular flexibility index (Phi) is 3.13. The monoisotopic (exact) mass is 209 g/mol. The molecule has 1 rings (SSSR count). The third-order valence-electron chi connectivity index (χ3n) is 1.17. The number of nitrogens with zero attached hydrogens (tertiary/aromatic N) is 1. The van der Waals surface area contributed by atoms with Crippen LogP contribution >= 0.6 is 15.9 Å². The topological polar surface area (TPSA) is 12.9 Å². The predicted molar refractivity (Wildman–Crippen MR) is 49.6 cm³/mol. The zero-order chi connectivity index (χ0) is 8.10. The molecule has 0 saturated carbocycles. The largest absolute Gasteiger partial charge is 0.263 e. The van der Waals surface area contributed by atoms with Crippen LogP contribution in [0.15, 0.2) is 18.5 Å². The highest BCUT2D eigenvalue weighted by molar-refractivity contribution is 9.09. The number of halogens is 1. The lowest BCUT2D eigenvalue weighted by molar-refractivity contribution is 1.26. The van der Waals surface area contributed by atoms with Gasteiger partial charge in [0.05, 0.1) is 5.33 Å². The maximum atomic E-state index is 4.02. The summed E-state index contributed by atoms with van der Waals surface area (Å²) in [6.45, 7) is 2.01. The van der Waals surface area contributed by atoms with E-state index in [1.54, 1.807) is 6.20 Å². The van der Waals surface area contributed by atoms with Crippen LogP contribution in [0.2, 0.25) is 0 Å². The molecule has 0 amide bonds. The van der Waals surface area contributed by atoms with Crippen molar-refractivity contribution in [1.82, 2.24) is 4.98 Å². The summed E-state index contributed by atoms with van der Waals surface area (Å²) < 4.78 is 0. The van der Waals surface area contributed by atoms with Gasteiger partial charge in [0.1, 0.15) is 0 Å². The summed E-state index contributed by atoms with van der Waals surface area (Å²) >= 11 is 3.23. The Morgan fingerprint density at radius 1 is 1.55 bits per heavy atom. The van der Waals surface area contributed by atoms with Crippen molar-refractivity contribution in [2.24, 2.45) is 0 Å². The molecule has 1 aromatic rings. The van der Waals surface area contributed by atoms with E-state index in [4.69, 9.17) is 0 Å². The molecule has 0 saturated heterocycles. The lowest BCUT2D eigenvalue weighted by atomic mass is 10.2. The lowest BCUT2D eigenvalue weighted by Crippen LogP contribution is -1.80. The minimum absolute atomic E-state index is 0.709. The van der Waals surface area contributed by atoms with Crippen molar-refractivity contribution in [1.29, 1.82) is 0 Å². The Balaban J connectivity index is 2.87. The van der Waals surface area contributed by atoms with Crippen LogP contribution in [-0.2, 0) is 0 Å². The molecule has 0 bridgehead atoms. The van der Waals surface area contributed by atoms with Crippen LogP contribution in [0.3, 0.4) is 0 Å². The van der Waals surface area contributed by atoms with E-state index in [1.165, 1.54) is 0 Å². The number of alkyl halides is 1. The molecule has 0 spiro atoms. The predicted octanol–water partition coefficient (Wildman–Crippen LogP) is 2.14. The molecular weight excluding hydrogens is 202 g/mol. The standard InChI is InChI=1S/C9H8BrN/c1-8-5-9(3-2-4-10)7-11-6-8/h5-7H,4H2,1H3. The van der Waals surface area contributed by atoms with Crippen molar-refractivity contribution in [3.05, 3.63) is 29.6 Å². The smallest absolute Gasteiger partial charge is 0.0649 e. The van der Waals surface area contributed by atoms with Crippen LogP contribution in [0.5, 0.6) is 0 Å². The molecule has 0 unspecified atom stereocenters. The highest BCUT2D eigenvalue weighted by Gasteiger charge is 1.86. The van der Waals surface area contributed by atoms with Crippen LogP contribution < -0.4 is 0 Å². The van der Waals surface area contributed by atoms with Gasteiger partial charge in [-0.3, -0.25) is 4.98 Å². The van der Waals surface area contributed by atoms with E-state index in [2.05, 4.69) is 32.8 Å². The Morgan fingerprint density at radius 3 is 3.00 bits per heavy atom. The van der Waals surface area contributed by atoms with Gasteiger partial charge < -0.3 is 0 Å². The van der Waals surface area contributed by atoms with Crippen LogP contribution in [0.1, 0.15) is 11.1 Å². The highest BCUT2D eigenvalue weighted by atomic mass is 79.9. The van der Waals surface area contributed by atoms with Gasteiger partial charge in [-0.05, 0) is 18.6 Å².